The van der Waals surface area contributed by atoms with Crippen LogP contribution in [0.2, 0.25) is 0 Å². The van der Waals surface area contributed by atoms with E-state index >= 15 is 0 Å². The minimum absolute atomic E-state index is 0.0295. The molecule has 29 heavy (non-hydrogen) atoms. The van der Waals surface area contributed by atoms with E-state index in [1.54, 1.807) is 0 Å². The fourth-order valence-corrected chi connectivity index (χ4v) is 5.07. The van der Waals surface area contributed by atoms with Crippen LogP contribution in [0.25, 0.3) is 0 Å². The fourth-order valence-electron chi connectivity index (χ4n) is 4.65. The van der Waals surface area contributed by atoms with Crippen molar-refractivity contribution in [1.29, 1.82) is 0 Å². The summed E-state index contributed by atoms with van der Waals surface area (Å²) < 4.78 is 1.04. The average Bonchev–Trinajstić information content (AvgIpc) is 2.79. The largest absolute Gasteiger partial charge is 0.359 e. The Kier molecular flexibility index (Phi) is 5.56. The maximum atomic E-state index is 13.5. The number of carbonyl (C=O) groups excluding carboxylic acids is 1. The number of carbonyl (C=O) groups is 1. The fraction of sp³-hybridized carbons (Fsp3) is 0.400. The minimum Gasteiger partial charge on any atom is -0.359 e. The molecule has 2 aliphatic rings. The van der Waals surface area contributed by atoms with Gasteiger partial charge in [0.15, 0.2) is 5.78 Å². The van der Waals surface area contributed by atoms with Crippen molar-refractivity contribution >= 4 is 33.1 Å². The third kappa shape index (κ3) is 4.00. The molecule has 0 saturated heterocycles. The van der Waals surface area contributed by atoms with Crippen LogP contribution in [0.5, 0.6) is 0 Å². The van der Waals surface area contributed by atoms with Gasteiger partial charge in [0, 0.05) is 28.7 Å². The second-order valence-corrected chi connectivity index (χ2v) is 9.90. The van der Waals surface area contributed by atoms with E-state index in [-0.39, 0.29) is 17.2 Å². The van der Waals surface area contributed by atoms with Crippen molar-refractivity contribution in [3.05, 3.63) is 69.8 Å². The molecule has 4 heteroatoms. The van der Waals surface area contributed by atoms with E-state index in [4.69, 9.17) is 0 Å². The van der Waals surface area contributed by atoms with Gasteiger partial charge in [-0.2, -0.15) is 0 Å². The van der Waals surface area contributed by atoms with Gasteiger partial charge in [-0.3, -0.25) is 4.79 Å². The highest BCUT2D eigenvalue weighted by Gasteiger charge is 2.41. The number of rotatable bonds is 4. The van der Waals surface area contributed by atoms with E-state index in [1.807, 2.05) is 6.07 Å². The van der Waals surface area contributed by atoms with Crippen molar-refractivity contribution in [2.24, 2.45) is 5.41 Å². The summed E-state index contributed by atoms with van der Waals surface area (Å²) in [4.78, 5) is 15.9. The van der Waals surface area contributed by atoms with E-state index in [9.17, 15) is 4.79 Å². The molecule has 0 saturated carbocycles. The molecule has 2 aromatic rings. The Labute approximate surface area is 182 Å². The Morgan fingerprint density at radius 2 is 1.93 bits per heavy atom. The first-order chi connectivity index (χ1) is 13.9. The molecule has 1 atom stereocenters. The summed E-state index contributed by atoms with van der Waals surface area (Å²) in [6.45, 7) is 7.52. The lowest BCUT2D eigenvalue weighted by Crippen LogP contribution is -2.36. The zero-order valence-electron chi connectivity index (χ0n) is 17.5. The van der Waals surface area contributed by atoms with Gasteiger partial charge in [0.1, 0.15) is 0 Å². The third-order valence-electron chi connectivity index (χ3n) is 5.92. The van der Waals surface area contributed by atoms with Gasteiger partial charge in [-0.15, -0.1) is 0 Å². The molecule has 0 fully saturated rings. The third-order valence-corrected chi connectivity index (χ3v) is 6.41. The van der Waals surface area contributed by atoms with Gasteiger partial charge >= 0.3 is 0 Å². The van der Waals surface area contributed by atoms with Crippen LogP contribution in [0.1, 0.15) is 58.1 Å². The van der Waals surface area contributed by atoms with Crippen LogP contribution in [-0.2, 0) is 4.79 Å². The van der Waals surface area contributed by atoms with Gasteiger partial charge in [0.2, 0.25) is 0 Å². The SMILES string of the molecule is CCCCN1c2ccccc2NC2=C(C(=O)CC(C)(C)C2)C1c1cccc(Br)c1. The van der Waals surface area contributed by atoms with Crippen molar-refractivity contribution < 1.29 is 4.79 Å². The number of nitrogens with zero attached hydrogens (tertiary/aromatic N) is 1. The lowest BCUT2D eigenvalue weighted by molar-refractivity contribution is -0.118. The van der Waals surface area contributed by atoms with Gasteiger partial charge < -0.3 is 10.2 Å². The zero-order chi connectivity index (χ0) is 20.6. The molecule has 1 heterocycles. The molecular formula is C25H29BrN2O. The maximum Gasteiger partial charge on any atom is 0.163 e. The lowest BCUT2D eigenvalue weighted by atomic mass is 9.73. The molecule has 2 aromatic carbocycles. The summed E-state index contributed by atoms with van der Waals surface area (Å²) in [5.41, 5.74) is 5.43. The monoisotopic (exact) mass is 452 g/mol. The van der Waals surface area contributed by atoms with Crippen molar-refractivity contribution in [2.45, 2.75) is 52.5 Å². The van der Waals surface area contributed by atoms with Crippen molar-refractivity contribution in [3.8, 4) is 0 Å². The maximum absolute atomic E-state index is 13.5. The van der Waals surface area contributed by atoms with Crippen LogP contribution in [0.3, 0.4) is 0 Å². The van der Waals surface area contributed by atoms with Crippen LogP contribution >= 0.6 is 15.9 Å². The number of unbranched alkanes of at least 4 members (excludes halogenated alkanes) is 1. The molecule has 3 nitrogen and oxygen atoms in total. The highest BCUT2D eigenvalue weighted by atomic mass is 79.9. The molecule has 0 aromatic heterocycles. The quantitative estimate of drug-likeness (QED) is 0.549. The van der Waals surface area contributed by atoms with Crippen molar-refractivity contribution in [2.75, 3.05) is 16.8 Å². The van der Waals surface area contributed by atoms with Crippen LogP contribution < -0.4 is 10.2 Å². The van der Waals surface area contributed by atoms with Gasteiger partial charge in [-0.1, -0.05) is 67.4 Å². The summed E-state index contributed by atoms with van der Waals surface area (Å²) in [5.74, 6) is 0.267. The second kappa shape index (κ2) is 7.98. The van der Waals surface area contributed by atoms with Crippen molar-refractivity contribution in [3.63, 3.8) is 0 Å². The Morgan fingerprint density at radius 3 is 2.69 bits per heavy atom. The highest BCUT2D eigenvalue weighted by molar-refractivity contribution is 9.10. The molecule has 1 aliphatic heterocycles. The number of ketones is 1. The Hall–Kier alpha value is -2.07. The number of allylic oxidation sites excluding steroid dienone is 1. The van der Waals surface area contributed by atoms with E-state index in [2.05, 4.69) is 89.4 Å². The van der Waals surface area contributed by atoms with Gasteiger partial charge in [-0.05, 0) is 48.1 Å². The minimum atomic E-state index is -0.0752. The summed E-state index contributed by atoms with van der Waals surface area (Å²) in [5, 5.41) is 3.67. The summed E-state index contributed by atoms with van der Waals surface area (Å²) >= 11 is 3.64. The topological polar surface area (TPSA) is 32.3 Å². The number of nitrogens with one attached hydrogen (secondary N) is 1. The highest BCUT2D eigenvalue weighted by Crippen LogP contribution is 2.48. The molecule has 152 valence electrons. The van der Waals surface area contributed by atoms with Gasteiger partial charge in [0.25, 0.3) is 0 Å². The predicted molar refractivity (Wildman–Crippen MR) is 124 cm³/mol. The van der Waals surface area contributed by atoms with E-state index in [0.717, 1.165) is 52.8 Å². The van der Waals surface area contributed by atoms with Crippen molar-refractivity contribution in [1.82, 2.24) is 0 Å². The molecule has 1 aliphatic carbocycles. The van der Waals surface area contributed by atoms with E-state index in [1.165, 1.54) is 5.69 Å². The molecule has 1 unspecified atom stereocenters. The molecule has 0 bridgehead atoms. The van der Waals surface area contributed by atoms with Crippen LogP contribution in [-0.4, -0.2) is 12.3 Å². The van der Waals surface area contributed by atoms with Gasteiger partial charge in [0.05, 0.1) is 17.4 Å². The summed E-state index contributed by atoms with van der Waals surface area (Å²) in [6, 6.07) is 16.8. The first-order valence-electron chi connectivity index (χ1n) is 10.5. The molecule has 0 radical (unpaired) electrons. The Balaban J connectivity index is 1.95. The number of Topliss-reactive ketones (excluding diaryl/α,β-unsaturated/α-hetero) is 1. The number of benzene rings is 2. The Morgan fingerprint density at radius 1 is 1.14 bits per heavy atom. The molecular weight excluding hydrogens is 424 g/mol. The van der Waals surface area contributed by atoms with E-state index in [0.29, 0.717) is 6.42 Å². The van der Waals surface area contributed by atoms with Crippen LogP contribution in [0, 0.1) is 5.41 Å². The number of hydrogen-bond acceptors (Lipinski definition) is 3. The number of hydrogen-bond donors (Lipinski definition) is 1. The molecule has 0 amide bonds. The smallest absolute Gasteiger partial charge is 0.163 e. The van der Waals surface area contributed by atoms with Crippen LogP contribution in [0.4, 0.5) is 11.4 Å². The standard InChI is InChI=1S/C25H29BrN2O/c1-4-5-13-28-21-12-7-6-11-19(21)27-20-15-25(2,3)16-22(29)23(20)24(28)17-9-8-10-18(26)14-17/h6-12,14,24,27H,4-5,13,15-16H2,1-3H3. The van der Waals surface area contributed by atoms with E-state index < -0.39 is 0 Å². The average molecular weight is 453 g/mol. The number of para-hydroxylation sites is 2. The first kappa shape index (κ1) is 20.2. The number of fused-ring (bicyclic) bond motifs is 1. The summed E-state index contributed by atoms with van der Waals surface area (Å²) in [7, 11) is 0. The predicted octanol–water partition coefficient (Wildman–Crippen LogP) is 6.87. The molecule has 1 N–H and O–H groups in total. The lowest BCUT2D eigenvalue weighted by Gasteiger charge is -2.38. The number of halogens is 1. The summed E-state index contributed by atoms with van der Waals surface area (Å²) in [6.07, 6.45) is 3.68. The normalized spacial score (nSPS) is 20.6. The van der Waals surface area contributed by atoms with Crippen LogP contribution in [0.15, 0.2) is 64.3 Å². The Bertz CT molecular complexity index is 963. The second-order valence-electron chi connectivity index (χ2n) is 8.98. The zero-order valence-corrected chi connectivity index (χ0v) is 19.1. The number of anilines is 2. The first-order valence-corrected chi connectivity index (χ1v) is 11.3. The molecule has 4 rings (SSSR count). The van der Waals surface area contributed by atoms with Gasteiger partial charge in [-0.25, -0.2) is 0 Å². The molecule has 0 spiro atoms.